The smallest absolute Gasteiger partial charge is 0.335 e. The van der Waals surface area contributed by atoms with E-state index in [4.69, 9.17) is 14.9 Å². The third-order valence-electron chi connectivity index (χ3n) is 5.45. The highest BCUT2D eigenvalue weighted by Crippen LogP contribution is 2.14. The number of hydrogen-bond donors (Lipinski definition) is 2. The molecule has 0 unspecified atom stereocenters. The molecule has 9 heteroatoms. The normalized spacial score (nSPS) is 12.9. The molecule has 1 saturated heterocycles. The molecule has 190 valence electrons. The van der Waals surface area contributed by atoms with Crippen LogP contribution in [0.15, 0.2) is 72.8 Å². The summed E-state index contributed by atoms with van der Waals surface area (Å²) in [7, 11) is 0. The van der Waals surface area contributed by atoms with E-state index in [1.54, 1.807) is 6.08 Å². The molecular formula is C28H26N2O7. The summed E-state index contributed by atoms with van der Waals surface area (Å²) in [5.74, 6) is -1.39. The average Bonchev–Trinajstić information content (AvgIpc) is 2.93. The zero-order valence-electron chi connectivity index (χ0n) is 20.2. The molecule has 0 saturated carbocycles. The number of aromatic carboxylic acids is 2. The molecule has 0 bridgehead atoms. The molecule has 2 heterocycles. The minimum Gasteiger partial charge on any atom is -0.478 e. The Balaban J connectivity index is 0.000000266. The molecule has 4 rings (SSSR count). The highest BCUT2D eigenvalue weighted by molar-refractivity contribution is 6.07. The van der Waals surface area contributed by atoms with Gasteiger partial charge < -0.3 is 19.8 Å². The second kappa shape index (κ2) is 12.9. The van der Waals surface area contributed by atoms with Crippen LogP contribution in [0.4, 0.5) is 5.82 Å². The quantitative estimate of drug-likeness (QED) is 0.362. The van der Waals surface area contributed by atoms with E-state index in [1.807, 2.05) is 18.2 Å². The summed E-state index contributed by atoms with van der Waals surface area (Å²) in [6.07, 6.45) is 3.11. The summed E-state index contributed by atoms with van der Waals surface area (Å²) in [4.78, 5) is 50.9. The number of carboxylic acids is 2. The number of ether oxygens (including phenoxy) is 1. The molecule has 3 aromatic rings. The highest BCUT2D eigenvalue weighted by Gasteiger charge is 2.12. The van der Waals surface area contributed by atoms with E-state index in [0.29, 0.717) is 30.0 Å². The molecule has 1 aromatic heterocycles. The van der Waals surface area contributed by atoms with Crippen LogP contribution in [0.2, 0.25) is 0 Å². The Hall–Kier alpha value is -4.63. The lowest BCUT2D eigenvalue weighted by molar-refractivity contribution is 0.0686. The summed E-state index contributed by atoms with van der Waals surface area (Å²) in [6.45, 7) is 4.42. The van der Waals surface area contributed by atoms with Crippen molar-refractivity contribution in [2.75, 3.05) is 31.2 Å². The van der Waals surface area contributed by atoms with Crippen LogP contribution in [-0.4, -0.2) is 65.0 Å². The van der Waals surface area contributed by atoms with Crippen molar-refractivity contribution in [3.8, 4) is 0 Å². The molecule has 0 amide bonds. The van der Waals surface area contributed by atoms with Crippen LogP contribution in [0.5, 0.6) is 0 Å². The second-order valence-electron chi connectivity index (χ2n) is 8.04. The van der Waals surface area contributed by atoms with Crippen molar-refractivity contribution in [2.45, 2.75) is 6.92 Å². The number of pyridine rings is 1. The van der Waals surface area contributed by atoms with E-state index in [-0.39, 0.29) is 22.7 Å². The number of allylic oxidation sites excluding steroid dienone is 1. The minimum atomic E-state index is -1.02. The van der Waals surface area contributed by atoms with Crippen LogP contribution < -0.4 is 4.90 Å². The van der Waals surface area contributed by atoms with Crippen LogP contribution in [0.25, 0.3) is 6.08 Å². The van der Waals surface area contributed by atoms with Crippen LogP contribution in [0, 0.1) is 0 Å². The number of benzene rings is 2. The Morgan fingerprint density at radius 2 is 1.30 bits per heavy atom. The average molecular weight is 503 g/mol. The number of anilines is 1. The summed E-state index contributed by atoms with van der Waals surface area (Å²) in [5.41, 5.74) is 2.01. The molecule has 0 atom stereocenters. The molecule has 0 spiro atoms. The van der Waals surface area contributed by atoms with E-state index >= 15 is 0 Å². The molecule has 0 aliphatic carbocycles. The van der Waals surface area contributed by atoms with Crippen LogP contribution in [0.1, 0.15) is 54.0 Å². The number of rotatable bonds is 7. The Kier molecular flexibility index (Phi) is 9.40. The van der Waals surface area contributed by atoms with Gasteiger partial charge in [-0.3, -0.25) is 9.59 Å². The summed E-state index contributed by atoms with van der Waals surface area (Å²) >= 11 is 0. The summed E-state index contributed by atoms with van der Waals surface area (Å²) in [6, 6.07) is 17.4. The molecule has 37 heavy (non-hydrogen) atoms. The van der Waals surface area contributed by atoms with Crippen molar-refractivity contribution >= 4 is 35.4 Å². The number of morpholine rings is 1. The Morgan fingerprint density at radius 3 is 1.81 bits per heavy atom. The van der Waals surface area contributed by atoms with Crippen LogP contribution in [0.3, 0.4) is 0 Å². The fourth-order valence-corrected chi connectivity index (χ4v) is 3.38. The van der Waals surface area contributed by atoms with Gasteiger partial charge in [0.2, 0.25) is 0 Å². The van der Waals surface area contributed by atoms with E-state index < -0.39 is 11.9 Å². The number of nitrogens with zero attached hydrogens (tertiary/aromatic N) is 2. The maximum absolute atomic E-state index is 12.2. The summed E-state index contributed by atoms with van der Waals surface area (Å²) in [5, 5.41) is 17.4. The maximum atomic E-state index is 12.2. The van der Waals surface area contributed by atoms with Crippen molar-refractivity contribution < 1.29 is 34.1 Å². The lowest BCUT2D eigenvalue weighted by atomic mass is 10.1. The van der Waals surface area contributed by atoms with Gasteiger partial charge in [-0.05, 0) is 55.5 Å². The zero-order chi connectivity index (χ0) is 26.8. The number of carbonyl (C=O) groups excluding carboxylic acids is 2. The molecular weight excluding hydrogens is 476 g/mol. The number of Topliss-reactive ketones (excluding diaryl/α,β-unsaturated/α-hetero) is 1. The number of carboxylic acid groups (broad SMARTS) is 2. The van der Waals surface area contributed by atoms with Gasteiger partial charge in [0.05, 0.1) is 30.0 Å². The first-order chi connectivity index (χ1) is 17.7. The first-order valence-electron chi connectivity index (χ1n) is 11.4. The third-order valence-corrected chi connectivity index (χ3v) is 5.45. The zero-order valence-corrected chi connectivity index (χ0v) is 20.2. The van der Waals surface area contributed by atoms with E-state index in [9.17, 15) is 19.2 Å². The van der Waals surface area contributed by atoms with E-state index in [2.05, 4.69) is 9.88 Å². The Bertz CT molecular complexity index is 1260. The molecule has 1 aliphatic rings. The van der Waals surface area contributed by atoms with Crippen molar-refractivity contribution in [1.29, 1.82) is 0 Å². The van der Waals surface area contributed by atoms with Crippen molar-refractivity contribution in [3.05, 3.63) is 101 Å². The van der Waals surface area contributed by atoms with E-state index in [1.165, 1.54) is 61.5 Å². The van der Waals surface area contributed by atoms with Gasteiger partial charge in [-0.1, -0.05) is 30.3 Å². The Morgan fingerprint density at radius 1 is 0.784 bits per heavy atom. The number of aromatic nitrogens is 1. The van der Waals surface area contributed by atoms with Crippen molar-refractivity contribution in [2.24, 2.45) is 0 Å². The topological polar surface area (TPSA) is 134 Å². The third kappa shape index (κ3) is 7.94. The van der Waals surface area contributed by atoms with Gasteiger partial charge in [0.15, 0.2) is 11.6 Å². The molecule has 1 aliphatic heterocycles. The predicted molar refractivity (Wildman–Crippen MR) is 137 cm³/mol. The number of hydrogen-bond acceptors (Lipinski definition) is 7. The van der Waals surface area contributed by atoms with E-state index in [0.717, 1.165) is 18.9 Å². The van der Waals surface area contributed by atoms with Crippen LogP contribution >= 0.6 is 0 Å². The second-order valence-corrected chi connectivity index (χ2v) is 8.04. The standard InChI is InChI=1S/C19H18N2O4.C9H8O3/c22-17(14-4-6-15(7-5-14)19(23)24)9-8-16-2-1-3-18(20-16)21-10-12-25-13-11-21;1-6(10)7-2-4-8(5-3-7)9(11)12/h1-9H,10-13H2,(H,23,24);2-5H,1H3,(H,11,12). The van der Waals surface area contributed by atoms with Gasteiger partial charge in [-0.25, -0.2) is 14.6 Å². The molecule has 0 radical (unpaired) electrons. The SMILES string of the molecule is CC(=O)c1ccc(C(=O)O)cc1.O=C(O)c1ccc(C(=O)C=Cc2cccc(N3CCOCC3)n2)cc1. The number of carbonyl (C=O) groups is 4. The van der Waals surface area contributed by atoms with Gasteiger partial charge in [-0.15, -0.1) is 0 Å². The first-order valence-corrected chi connectivity index (χ1v) is 11.4. The molecule has 2 N–H and O–H groups in total. The first kappa shape index (κ1) is 27.0. The van der Waals surface area contributed by atoms with Crippen LogP contribution in [-0.2, 0) is 4.74 Å². The lowest BCUT2D eigenvalue weighted by Gasteiger charge is -2.27. The van der Waals surface area contributed by atoms with Gasteiger partial charge in [0, 0.05) is 24.2 Å². The van der Waals surface area contributed by atoms with Crippen molar-refractivity contribution in [3.63, 3.8) is 0 Å². The lowest BCUT2D eigenvalue weighted by Crippen LogP contribution is -2.36. The predicted octanol–water partition coefficient (Wildman–Crippen LogP) is 4.10. The van der Waals surface area contributed by atoms with Gasteiger partial charge in [0.1, 0.15) is 5.82 Å². The van der Waals surface area contributed by atoms with Gasteiger partial charge >= 0.3 is 11.9 Å². The molecule has 1 fully saturated rings. The number of ketones is 2. The highest BCUT2D eigenvalue weighted by atomic mass is 16.5. The summed E-state index contributed by atoms with van der Waals surface area (Å²) < 4.78 is 5.34. The molecule has 9 nitrogen and oxygen atoms in total. The fraction of sp³-hybridized carbons (Fsp3) is 0.179. The van der Waals surface area contributed by atoms with Crippen molar-refractivity contribution in [1.82, 2.24) is 4.98 Å². The van der Waals surface area contributed by atoms with Gasteiger partial charge in [-0.2, -0.15) is 0 Å². The fourth-order valence-electron chi connectivity index (χ4n) is 3.38. The monoisotopic (exact) mass is 502 g/mol. The minimum absolute atomic E-state index is 0.0630. The maximum Gasteiger partial charge on any atom is 0.335 e. The Labute approximate surface area is 213 Å². The largest absolute Gasteiger partial charge is 0.478 e. The molecule has 2 aromatic carbocycles. The van der Waals surface area contributed by atoms with Gasteiger partial charge in [0.25, 0.3) is 0 Å².